The highest BCUT2D eigenvalue weighted by Gasteiger charge is 2.33. The average molecular weight is 240 g/mol. The Hall–Kier alpha value is -1.75. The third-order valence-electron chi connectivity index (χ3n) is 2.52. The highest BCUT2D eigenvalue weighted by Crippen LogP contribution is 2.33. The van der Waals surface area contributed by atoms with Gasteiger partial charge in [-0.15, -0.1) is 0 Å². The molecule has 0 aliphatic heterocycles. The van der Waals surface area contributed by atoms with Crippen molar-refractivity contribution in [1.29, 1.82) is 0 Å². The van der Waals surface area contributed by atoms with E-state index in [1.54, 1.807) is 35.2 Å². The minimum atomic E-state index is -4.38. The second-order valence-corrected chi connectivity index (χ2v) is 3.63. The summed E-state index contributed by atoms with van der Waals surface area (Å²) in [7, 11) is 0. The van der Waals surface area contributed by atoms with Gasteiger partial charge in [-0.1, -0.05) is 6.07 Å². The van der Waals surface area contributed by atoms with Gasteiger partial charge in [-0.2, -0.15) is 13.2 Å². The fraction of sp³-hybridized carbons (Fsp3) is 0.167. The Morgan fingerprint density at radius 1 is 1.12 bits per heavy atom. The van der Waals surface area contributed by atoms with E-state index >= 15 is 0 Å². The number of nitrogens with zero attached hydrogens (tertiary/aromatic N) is 1. The number of nitrogens with two attached hydrogens (primary N) is 1. The molecular formula is C12H11F3N2. The van der Waals surface area contributed by atoms with Crippen LogP contribution >= 0.6 is 0 Å². The smallest absolute Gasteiger partial charge is 0.326 e. The first-order valence-corrected chi connectivity index (χ1v) is 5.06. The summed E-state index contributed by atoms with van der Waals surface area (Å²) >= 11 is 0. The molecule has 1 heterocycles. The van der Waals surface area contributed by atoms with Crippen LogP contribution in [0.5, 0.6) is 0 Å². The molecule has 0 aliphatic carbocycles. The molecule has 0 saturated heterocycles. The molecule has 0 unspecified atom stereocenters. The van der Waals surface area contributed by atoms with Crippen molar-refractivity contribution in [2.24, 2.45) is 5.73 Å². The fourth-order valence-electron chi connectivity index (χ4n) is 1.67. The highest BCUT2D eigenvalue weighted by atomic mass is 19.4. The molecule has 0 aliphatic rings. The van der Waals surface area contributed by atoms with Crippen molar-refractivity contribution in [2.75, 3.05) is 0 Å². The van der Waals surface area contributed by atoms with Crippen LogP contribution in [-0.4, -0.2) is 4.57 Å². The van der Waals surface area contributed by atoms with E-state index < -0.39 is 11.7 Å². The van der Waals surface area contributed by atoms with Gasteiger partial charge in [0.05, 0.1) is 5.56 Å². The van der Waals surface area contributed by atoms with E-state index in [1.807, 2.05) is 0 Å². The van der Waals surface area contributed by atoms with Crippen molar-refractivity contribution in [3.05, 3.63) is 53.9 Å². The number of aromatic nitrogens is 1. The van der Waals surface area contributed by atoms with Gasteiger partial charge in [0.15, 0.2) is 0 Å². The van der Waals surface area contributed by atoms with Gasteiger partial charge in [0.25, 0.3) is 0 Å². The van der Waals surface area contributed by atoms with Crippen LogP contribution in [-0.2, 0) is 12.7 Å². The van der Waals surface area contributed by atoms with Gasteiger partial charge in [-0.3, -0.25) is 0 Å². The fourth-order valence-corrected chi connectivity index (χ4v) is 1.67. The van der Waals surface area contributed by atoms with Crippen LogP contribution in [0.1, 0.15) is 11.1 Å². The molecule has 0 atom stereocenters. The van der Waals surface area contributed by atoms with Crippen LogP contribution in [0.3, 0.4) is 0 Å². The lowest BCUT2D eigenvalue weighted by Crippen LogP contribution is -2.12. The summed E-state index contributed by atoms with van der Waals surface area (Å²) in [6.45, 7) is -0.124. The maximum atomic E-state index is 12.8. The van der Waals surface area contributed by atoms with Crippen molar-refractivity contribution in [3.63, 3.8) is 0 Å². The van der Waals surface area contributed by atoms with E-state index in [-0.39, 0.29) is 12.1 Å². The molecule has 0 spiro atoms. The standard InChI is InChI=1S/C12H11F3N2/c13-12(14,15)11-7-10(4-3-9(11)8-16)17-5-1-2-6-17/h1-7H,8,16H2. The number of halogens is 3. The van der Waals surface area contributed by atoms with E-state index in [0.29, 0.717) is 5.69 Å². The average Bonchev–Trinajstić information content (AvgIpc) is 2.80. The Balaban J connectivity index is 2.53. The van der Waals surface area contributed by atoms with E-state index in [9.17, 15) is 13.2 Å². The van der Waals surface area contributed by atoms with Crippen molar-refractivity contribution >= 4 is 0 Å². The molecule has 0 bridgehead atoms. The molecule has 0 radical (unpaired) electrons. The molecule has 0 fully saturated rings. The van der Waals surface area contributed by atoms with Crippen LogP contribution in [0, 0.1) is 0 Å². The summed E-state index contributed by atoms with van der Waals surface area (Å²) in [6, 6.07) is 7.66. The molecule has 1 aromatic carbocycles. The Morgan fingerprint density at radius 2 is 1.76 bits per heavy atom. The number of rotatable bonds is 2. The third-order valence-corrected chi connectivity index (χ3v) is 2.52. The Morgan fingerprint density at radius 3 is 2.29 bits per heavy atom. The first-order chi connectivity index (χ1) is 8.02. The van der Waals surface area contributed by atoms with Gasteiger partial charge in [0.1, 0.15) is 0 Å². The predicted molar refractivity (Wildman–Crippen MR) is 58.7 cm³/mol. The van der Waals surface area contributed by atoms with E-state index in [4.69, 9.17) is 5.73 Å². The molecule has 17 heavy (non-hydrogen) atoms. The van der Waals surface area contributed by atoms with Gasteiger partial charge < -0.3 is 10.3 Å². The van der Waals surface area contributed by atoms with Crippen LogP contribution in [0.4, 0.5) is 13.2 Å². The maximum Gasteiger partial charge on any atom is 0.416 e. The van der Waals surface area contributed by atoms with Gasteiger partial charge in [0.2, 0.25) is 0 Å². The Labute approximate surface area is 96.5 Å². The molecule has 2 nitrogen and oxygen atoms in total. The number of hydrogen-bond donors (Lipinski definition) is 1. The van der Waals surface area contributed by atoms with E-state index in [1.165, 1.54) is 6.07 Å². The second kappa shape index (κ2) is 4.25. The first-order valence-electron chi connectivity index (χ1n) is 5.06. The van der Waals surface area contributed by atoms with Crippen molar-refractivity contribution < 1.29 is 13.2 Å². The Bertz CT molecular complexity index is 501. The van der Waals surface area contributed by atoms with Gasteiger partial charge >= 0.3 is 6.18 Å². The minimum Gasteiger partial charge on any atom is -0.326 e. The Kier molecular flexibility index (Phi) is 2.93. The van der Waals surface area contributed by atoms with Gasteiger partial charge in [0, 0.05) is 24.6 Å². The van der Waals surface area contributed by atoms with Crippen LogP contribution < -0.4 is 5.73 Å². The van der Waals surface area contributed by atoms with Crippen molar-refractivity contribution in [3.8, 4) is 5.69 Å². The van der Waals surface area contributed by atoms with Crippen LogP contribution in [0.2, 0.25) is 0 Å². The molecule has 0 amide bonds. The molecular weight excluding hydrogens is 229 g/mol. The van der Waals surface area contributed by atoms with Crippen molar-refractivity contribution in [1.82, 2.24) is 4.57 Å². The third kappa shape index (κ3) is 2.34. The molecule has 2 aromatic rings. The molecule has 90 valence electrons. The quantitative estimate of drug-likeness (QED) is 0.859. The molecule has 5 heteroatoms. The summed E-state index contributed by atoms with van der Waals surface area (Å²) in [4.78, 5) is 0. The number of hydrogen-bond acceptors (Lipinski definition) is 1. The number of alkyl halides is 3. The summed E-state index contributed by atoms with van der Waals surface area (Å²) in [6.07, 6.45) is -0.993. The zero-order chi connectivity index (χ0) is 12.5. The summed E-state index contributed by atoms with van der Waals surface area (Å²) in [5, 5.41) is 0. The zero-order valence-corrected chi connectivity index (χ0v) is 8.91. The summed E-state index contributed by atoms with van der Waals surface area (Å²) < 4.78 is 40.0. The zero-order valence-electron chi connectivity index (χ0n) is 8.91. The minimum absolute atomic E-state index is 0.105. The first kappa shape index (κ1) is 11.7. The topological polar surface area (TPSA) is 30.9 Å². The maximum absolute atomic E-state index is 12.8. The SMILES string of the molecule is NCc1ccc(-n2cccc2)cc1C(F)(F)F. The molecule has 0 saturated carbocycles. The lowest BCUT2D eigenvalue weighted by molar-refractivity contribution is -0.138. The molecule has 2 N–H and O–H groups in total. The summed E-state index contributed by atoms with van der Waals surface area (Å²) in [5.74, 6) is 0. The molecule has 1 aromatic heterocycles. The van der Waals surface area contributed by atoms with Crippen LogP contribution in [0.25, 0.3) is 5.69 Å². The van der Waals surface area contributed by atoms with E-state index in [0.717, 1.165) is 6.07 Å². The van der Waals surface area contributed by atoms with E-state index in [2.05, 4.69) is 0 Å². The lowest BCUT2D eigenvalue weighted by atomic mass is 10.1. The largest absolute Gasteiger partial charge is 0.416 e. The molecule has 2 rings (SSSR count). The lowest BCUT2D eigenvalue weighted by Gasteiger charge is -2.13. The van der Waals surface area contributed by atoms with Crippen LogP contribution in [0.15, 0.2) is 42.7 Å². The second-order valence-electron chi connectivity index (χ2n) is 3.63. The van der Waals surface area contributed by atoms with Crippen molar-refractivity contribution in [2.45, 2.75) is 12.7 Å². The number of benzene rings is 1. The monoisotopic (exact) mass is 240 g/mol. The van der Waals surface area contributed by atoms with Gasteiger partial charge in [-0.05, 0) is 29.8 Å². The van der Waals surface area contributed by atoms with Gasteiger partial charge in [-0.25, -0.2) is 0 Å². The predicted octanol–water partition coefficient (Wildman–Crippen LogP) is 2.95. The summed E-state index contributed by atoms with van der Waals surface area (Å²) in [5.41, 5.74) is 5.21. The highest BCUT2D eigenvalue weighted by molar-refractivity contribution is 5.42. The normalized spacial score (nSPS) is 11.8.